The van der Waals surface area contributed by atoms with E-state index in [1.807, 2.05) is 13.8 Å². The van der Waals surface area contributed by atoms with Gasteiger partial charge in [0, 0.05) is 41.4 Å². The van der Waals surface area contributed by atoms with E-state index < -0.39 is 11.6 Å². The summed E-state index contributed by atoms with van der Waals surface area (Å²) in [6.45, 7) is 9.11. The van der Waals surface area contributed by atoms with E-state index in [4.69, 9.17) is 4.52 Å². The molecule has 0 unspecified atom stereocenters. The molecular formula is C26H25F2N5O. The van der Waals surface area contributed by atoms with Crippen molar-refractivity contribution in [3.05, 3.63) is 72.2 Å². The van der Waals surface area contributed by atoms with Crippen molar-refractivity contribution in [2.24, 2.45) is 0 Å². The Balaban J connectivity index is 1.46. The third-order valence-corrected chi connectivity index (χ3v) is 6.33. The molecule has 0 radical (unpaired) electrons. The van der Waals surface area contributed by atoms with Crippen LogP contribution in [0.4, 0.5) is 14.6 Å². The summed E-state index contributed by atoms with van der Waals surface area (Å²) in [5.41, 5.74) is 2.05. The van der Waals surface area contributed by atoms with Crippen LogP contribution in [0, 0.1) is 11.6 Å². The molecule has 0 amide bonds. The summed E-state index contributed by atoms with van der Waals surface area (Å²) in [5.74, 6) is 1.63. The minimum atomic E-state index is -0.422. The van der Waals surface area contributed by atoms with Gasteiger partial charge in [0.2, 0.25) is 5.89 Å². The SMILES string of the molecule is C=Cc1ccc(-c2cc(F)cc3c(N4CCC(c5nc(C(C)C)no5)CC4)ncnc23)cc1F. The molecule has 0 bridgehead atoms. The van der Waals surface area contributed by atoms with E-state index in [1.165, 1.54) is 30.6 Å². The van der Waals surface area contributed by atoms with Crippen LogP contribution in [0.2, 0.25) is 0 Å². The fourth-order valence-corrected chi connectivity index (χ4v) is 4.44. The molecule has 4 aromatic rings. The number of halogens is 2. The predicted molar refractivity (Wildman–Crippen MR) is 128 cm³/mol. The molecule has 0 spiro atoms. The second kappa shape index (κ2) is 8.93. The Bertz CT molecular complexity index is 1360. The van der Waals surface area contributed by atoms with Gasteiger partial charge >= 0.3 is 0 Å². The summed E-state index contributed by atoms with van der Waals surface area (Å²) >= 11 is 0. The van der Waals surface area contributed by atoms with E-state index in [-0.39, 0.29) is 11.8 Å². The van der Waals surface area contributed by atoms with Crippen molar-refractivity contribution in [3.63, 3.8) is 0 Å². The minimum absolute atomic E-state index is 0.183. The number of aromatic nitrogens is 4. The highest BCUT2D eigenvalue weighted by Gasteiger charge is 2.27. The Kier molecular flexibility index (Phi) is 5.81. The molecule has 2 aromatic carbocycles. The number of fused-ring (bicyclic) bond motifs is 1. The van der Waals surface area contributed by atoms with Crippen LogP contribution < -0.4 is 4.90 Å². The van der Waals surface area contributed by atoms with Crippen LogP contribution in [-0.4, -0.2) is 33.2 Å². The van der Waals surface area contributed by atoms with E-state index in [2.05, 4.69) is 31.6 Å². The lowest BCUT2D eigenvalue weighted by molar-refractivity contribution is 0.326. The summed E-state index contributed by atoms with van der Waals surface area (Å²) in [6, 6.07) is 7.59. The molecule has 1 aliphatic heterocycles. The molecule has 0 aliphatic carbocycles. The zero-order valence-corrected chi connectivity index (χ0v) is 19.1. The van der Waals surface area contributed by atoms with E-state index in [1.54, 1.807) is 12.1 Å². The molecule has 2 aromatic heterocycles. The average molecular weight is 462 g/mol. The van der Waals surface area contributed by atoms with Crippen LogP contribution in [0.15, 0.2) is 47.8 Å². The van der Waals surface area contributed by atoms with Gasteiger partial charge in [-0.1, -0.05) is 43.8 Å². The van der Waals surface area contributed by atoms with E-state index in [0.29, 0.717) is 52.4 Å². The zero-order chi connectivity index (χ0) is 23.8. The molecule has 0 saturated carbocycles. The van der Waals surface area contributed by atoms with Crippen molar-refractivity contribution in [2.75, 3.05) is 18.0 Å². The highest BCUT2D eigenvalue weighted by molar-refractivity contribution is 5.99. The van der Waals surface area contributed by atoms with Gasteiger partial charge in [-0.25, -0.2) is 18.7 Å². The maximum absolute atomic E-state index is 14.7. The second-order valence-corrected chi connectivity index (χ2v) is 8.89. The first-order valence-corrected chi connectivity index (χ1v) is 11.4. The maximum atomic E-state index is 14.7. The summed E-state index contributed by atoms with van der Waals surface area (Å²) < 4.78 is 34.6. The van der Waals surface area contributed by atoms with Gasteiger partial charge in [0.15, 0.2) is 5.82 Å². The molecule has 8 heteroatoms. The molecule has 5 rings (SSSR count). The molecule has 1 fully saturated rings. The van der Waals surface area contributed by atoms with Crippen molar-refractivity contribution in [2.45, 2.75) is 38.5 Å². The number of benzene rings is 2. The van der Waals surface area contributed by atoms with Gasteiger partial charge in [0.25, 0.3) is 0 Å². The minimum Gasteiger partial charge on any atom is -0.356 e. The van der Waals surface area contributed by atoms with E-state index in [9.17, 15) is 8.78 Å². The number of hydrogen-bond donors (Lipinski definition) is 0. The second-order valence-electron chi connectivity index (χ2n) is 8.89. The lowest BCUT2D eigenvalue weighted by Crippen LogP contribution is -2.33. The Hall–Kier alpha value is -3.68. The van der Waals surface area contributed by atoms with Crippen LogP contribution in [0.3, 0.4) is 0 Å². The van der Waals surface area contributed by atoms with E-state index in [0.717, 1.165) is 18.7 Å². The summed E-state index contributed by atoms with van der Waals surface area (Å²) in [7, 11) is 0. The molecule has 3 heterocycles. The van der Waals surface area contributed by atoms with E-state index >= 15 is 0 Å². The van der Waals surface area contributed by atoms with Gasteiger partial charge in [-0.3, -0.25) is 0 Å². The lowest BCUT2D eigenvalue weighted by atomic mass is 9.96. The van der Waals surface area contributed by atoms with Crippen LogP contribution in [0.25, 0.3) is 28.1 Å². The smallest absolute Gasteiger partial charge is 0.229 e. The Labute approximate surface area is 196 Å². The number of rotatable bonds is 5. The van der Waals surface area contributed by atoms with Gasteiger partial charge < -0.3 is 9.42 Å². The van der Waals surface area contributed by atoms with Gasteiger partial charge in [-0.05, 0) is 36.6 Å². The zero-order valence-electron chi connectivity index (χ0n) is 19.1. The van der Waals surface area contributed by atoms with Gasteiger partial charge in [0.1, 0.15) is 23.8 Å². The lowest BCUT2D eigenvalue weighted by Gasteiger charge is -2.32. The summed E-state index contributed by atoms with van der Waals surface area (Å²) in [6.07, 6.45) is 4.57. The third kappa shape index (κ3) is 4.04. The molecule has 34 heavy (non-hydrogen) atoms. The molecular weight excluding hydrogens is 436 g/mol. The molecule has 6 nitrogen and oxygen atoms in total. The van der Waals surface area contributed by atoms with Crippen molar-refractivity contribution < 1.29 is 13.3 Å². The quantitative estimate of drug-likeness (QED) is 0.357. The first-order valence-electron chi connectivity index (χ1n) is 11.4. The molecule has 1 aliphatic rings. The Morgan fingerprint density at radius 1 is 1.12 bits per heavy atom. The predicted octanol–water partition coefficient (Wildman–Crippen LogP) is 6.11. The van der Waals surface area contributed by atoms with Crippen LogP contribution >= 0.6 is 0 Å². The number of nitrogens with zero attached hydrogens (tertiary/aromatic N) is 5. The van der Waals surface area contributed by atoms with Crippen LogP contribution in [-0.2, 0) is 0 Å². The number of piperidine rings is 1. The van der Waals surface area contributed by atoms with Gasteiger partial charge in [0.05, 0.1) is 5.52 Å². The highest BCUT2D eigenvalue weighted by atomic mass is 19.1. The molecule has 0 atom stereocenters. The van der Waals surface area contributed by atoms with Gasteiger partial charge in [-0.2, -0.15) is 4.98 Å². The third-order valence-electron chi connectivity index (χ3n) is 6.33. The van der Waals surface area contributed by atoms with Crippen molar-refractivity contribution >= 4 is 22.8 Å². The first kappa shape index (κ1) is 22.1. The highest BCUT2D eigenvalue weighted by Crippen LogP contribution is 2.36. The standard InChI is InChI=1S/C26H25F2N5O/c1-4-16-5-6-18(11-22(16)28)20-12-19(27)13-21-23(20)29-14-30-25(21)33-9-7-17(8-10-33)26-31-24(15(2)3)32-34-26/h4-6,11-15,17H,1,7-10H2,2-3H3. The van der Waals surface area contributed by atoms with Crippen LogP contribution in [0.5, 0.6) is 0 Å². The largest absolute Gasteiger partial charge is 0.356 e. The molecule has 174 valence electrons. The first-order chi connectivity index (χ1) is 16.4. The molecule has 1 saturated heterocycles. The summed E-state index contributed by atoms with van der Waals surface area (Å²) in [4.78, 5) is 15.6. The topological polar surface area (TPSA) is 67.9 Å². The fourth-order valence-electron chi connectivity index (χ4n) is 4.44. The van der Waals surface area contributed by atoms with Crippen molar-refractivity contribution in [3.8, 4) is 11.1 Å². The van der Waals surface area contributed by atoms with Crippen molar-refractivity contribution in [1.82, 2.24) is 20.1 Å². The Morgan fingerprint density at radius 2 is 1.91 bits per heavy atom. The normalized spacial score (nSPS) is 14.8. The molecule has 0 N–H and O–H groups in total. The number of anilines is 1. The fraction of sp³-hybridized carbons (Fsp3) is 0.308. The van der Waals surface area contributed by atoms with Gasteiger partial charge in [-0.15, -0.1) is 0 Å². The van der Waals surface area contributed by atoms with Crippen molar-refractivity contribution in [1.29, 1.82) is 0 Å². The Morgan fingerprint density at radius 3 is 2.59 bits per heavy atom. The summed E-state index contributed by atoms with van der Waals surface area (Å²) in [5, 5.41) is 4.68. The number of hydrogen-bond acceptors (Lipinski definition) is 6. The monoisotopic (exact) mass is 461 g/mol. The van der Waals surface area contributed by atoms with Crippen LogP contribution in [0.1, 0.15) is 55.8 Å². The maximum Gasteiger partial charge on any atom is 0.229 e. The average Bonchev–Trinajstić information content (AvgIpc) is 3.34.